The lowest BCUT2D eigenvalue weighted by molar-refractivity contribution is -0.113. The first-order valence-electron chi connectivity index (χ1n) is 9.84. The number of rotatable bonds is 6. The molecule has 0 bridgehead atoms. The lowest BCUT2D eigenvalue weighted by Crippen LogP contribution is -2.35. The molecule has 2 N–H and O–H groups in total. The highest BCUT2D eigenvalue weighted by molar-refractivity contribution is 7.99. The zero-order valence-electron chi connectivity index (χ0n) is 16.8. The van der Waals surface area contributed by atoms with Gasteiger partial charge in [-0.2, -0.15) is 0 Å². The molecule has 1 aliphatic heterocycles. The fourth-order valence-electron chi connectivity index (χ4n) is 3.42. The van der Waals surface area contributed by atoms with E-state index in [1.165, 1.54) is 0 Å². The van der Waals surface area contributed by atoms with Crippen LogP contribution in [0.5, 0.6) is 0 Å². The molecule has 0 saturated heterocycles. The summed E-state index contributed by atoms with van der Waals surface area (Å²) in [6, 6.07) is 10.4. The Kier molecular flexibility index (Phi) is 6.88. The molecular formula is C22H19ClF2N4O2S. The van der Waals surface area contributed by atoms with Gasteiger partial charge in [-0.3, -0.25) is 14.5 Å². The van der Waals surface area contributed by atoms with E-state index in [1.54, 1.807) is 0 Å². The number of aromatic amines is 1. The quantitative estimate of drug-likeness (QED) is 0.415. The molecule has 32 heavy (non-hydrogen) atoms. The summed E-state index contributed by atoms with van der Waals surface area (Å²) in [5.41, 5.74) is 1.95. The van der Waals surface area contributed by atoms with Crippen LogP contribution in [0, 0.1) is 11.6 Å². The van der Waals surface area contributed by atoms with Gasteiger partial charge in [-0.1, -0.05) is 35.5 Å². The van der Waals surface area contributed by atoms with Gasteiger partial charge in [-0.25, -0.2) is 13.8 Å². The van der Waals surface area contributed by atoms with E-state index in [9.17, 15) is 18.4 Å². The van der Waals surface area contributed by atoms with E-state index < -0.39 is 17.5 Å². The van der Waals surface area contributed by atoms with Gasteiger partial charge in [0.25, 0.3) is 5.56 Å². The molecule has 10 heteroatoms. The standard InChI is InChI=1S/C22H19ClF2N4O2S/c23-14-3-1-13(2-4-14)10-29-8-7-18-16(11-29)21(31)28-22(27-18)32-12-20(30)26-19-9-15(24)5-6-17(19)25/h1-6,9H,7-8,10-12H2,(H,26,30)(H,27,28,31). The second kappa shape index (κ2) is 9.81. The van der Waals surface area contributed by atoms with E-state index in [0.717, 1.165) is 42.1 Å². The van der Waals surface area contributed by atoms with Crippen molar-refractivity contribution in [2.45, 2.75) is 24.7 Å². The maximum Gasteiger partial charge on any atom is 0.256 e. The Morgan fingerprint density at radius 1 is 1.22 bits per heavy atom. The smallest absolute Gasteiger partial charge is 0.256 e. The van der Waals surface area contributed by atoms with Crippen LogP contribution in [0.2, 0.25) is 5.02 Å². The van der Waals surface area contributed by atoms with Gasteiger partial charge in [-0.15, -0.1) is 0 Å². The third-order valence-electron chi connectivity index (χ3n) is 4.99. The van der Waals surface area contributed by atoms with Crippen molar-refractivity contribution in [2.24, 2.45) is 0 Å². The number of H-pyrrole nitrogens is 1. The summed E-state index contributed by atoms with van der Waals surface area (Å²) >= 11 is 6.96. The number of carbonyl (C=O) groups excluding carboxylic acids is 1. The summed E-state index contributed by atoms with van der Waals surface area (Å²) in [5, 5.41) is 3.31. The highest BCUT2D eigenvalue weighted by Crippen LogP contribution is 2.21. The molecule has 0 spiro atoms. The first-order chi connectivity index (χ1) is 15.4. The Labute approximate surface area is 192 Å². The van der Waals surface area contributed by atoms with Crippen LogP contribution >= 0.6 is 23.4 Å². The number of nitrogens with zero attached hydrogens (tertiary/aromatic N) is 2. The summed E-state index contributed by atoms with van der Waals surface area (Å²) in [4.78, 5) is 34.1. The molecule has 0 radical (unpaired) electrons. The summed E-state index contributed by atoms with van der Waals surface area (Å²) < 4.78 is 26.9. The van der Waals surface area contributed by atoms with Crippen LogP contribution in [0.4, 0.5) is 14.5 Å². The van der Waals surface area contributed by atoms with E-state index >= 15 is 0 Å². The average Bonchev–Trinajstić information content (AvgIpc) is 2.77. The predicted molar refractivity (Wildman–Crippen MR) is 120 cm³/mol. The number of hydrogen-bond donors (Lipinski definition) is 2. The van der Waals surface area contributed by atoms with Crippen molar-refractivity contribution in [3.63, 3.8) is 0 Å². The summed E-state index contributed by atoms with van der Waals surface area (Å²) in [6.07, 6.45) is 0.612. The molecule has 0 aliphatic carbocycles. The molecule has 0 saturated carbocycles. The number of halogens is 3. The Morgan fingerprint density at radius 3 is 2.78 bits per heavy atom. The molecule has 1 aromatic heterocycles. The fourth-order valence-corrected chi connectivity index (χ4v) is 4.23. The Bertz CT molecular complexity index is 1200. The third kappa shape index (κ3) is 5.53. The summed E-state index contributed by atoms with van der Waals surface area (Å²) in [7, 11) is 0. The monoisotopic (exact) mass is 476 g/mol. The number of amides is 1. The van der Waals surface area contributed by atoms with Crippen molar-refractivity contribution >= 4 is 35.0 Å². The van der Waals surface area contributed by atoms with Gasteiger partial charge < -0.3 is 10.3 Å². The van der Waals surface area contributed by atoms with E-state index in [1.807, 2.05) is 24.3 Å². The van der Waals surface area contributed by atoms with E-state index in [-0.39, 0.29) is 17.0 Å². The maximum absolute atomic E-state index is 13.7. The Morgan fingerprint density at radius 2 is 2.00 bits per heavy atom. The van der Waals surface area contributed by atoms with Crippen molar-refractivity contribution < 1.29 is 13.6 Å². The predicted octanol–water partition coefficient (Wildman–Crippen LogP) is 3.99. The fraction of sp³-hybridized carbons (Fsp3) is 0.227. The molecule has 1 amide bonds. The van der Waals surface area contributed by atoms with E-state index in [0.29, 0.717) is 40.9 Å². The van der Waals surface area contributed by atoms with Crippen LogP contribution in [0.1, 0.15) is 16.8 Å². The zero-order chi connectivity index (χ0) is 22.7. The maximum atomic E-state index is 13.7. The third-order valence-corrected chi connectivity index (χ3v) is 6.11. The molecule has 3 aromatic rings. The molecule has 0 atom stereocenters. The minimum atomic E-state index is -0.729. The normalized spacial score (nSPS) is 13.6. The topological polar surface area (TPSA) is 78.1 Å². The number of carbonyl (C=O) groups is 1. The lowest BCUT2D eigenvalue weighted by Gasteiger charge is -2.27. The van der Waals surface area contributed by atoms with Crippen LogP contribution in [0.15, 0.2) is 52.4 Å². The van der Waals surface area contributed by atoms with Gasteiger partial charge in [-0.05, 0) is 29.8 Å². The van der Waals surface area contributed by atoms with Gasteiger partial charge >= 0.3 is 0 Å². The number of anilines is 1. The number of thioether (sulfide) groups is 1. The number of benzene rings is 2. The van der Waals surface area contributed by atoms with Crippen molar-refractivity contribution in [3.8, 4) is 0 Å². The Balaban J connectivity index is 1.37. The molecule has 166 valence electrons. The first kappa shape index (κ1) is 22.4. The summed E-state index contributed by atoms with van der Waals surface area (Å²) in [6.45, 7) is 1.92. The van der Waals surface area contributed by atoms with Crippen LogP contribution in [0.25, 0.3) is 0 Å². The van der Waals surface area contributed by atoms with Gasteiger partial charge in [0.2, 0.25) is 5.91 Å². The van der Waals surface area contributed by atoms with Crippen molar-refractivity contribution in [3.05, 3.63) is 86.3 Å². The first-order valence-corrected chi connectivity index (χ1v) is 11.2. The lowest BCUT2D eigenvalue weighted by atomic mass is 10.1. The number of fused-ring (bicyclic) bond motifs is 1. The van der Waals surface area contributed by atoms with Gasteiger partial charge in [0, 0.05) is 37.1 Å². The van der Waals surface area contributed by atoms with E-state index in [4.69, 9.17) is 11.6 Å². The van der Waals surface area contributed by atoms with Crippen molar-refractivity contribution in [1.29, 1.82) is 0 Å². The van der Waals surface area contributed by atoms with Gasteiger partial charge in [0.15, 0.2) is 5.16 Å². The number of nitrogens with one attached hydrogen (secondary N) is 2. The molecule has 0 fully saturated rings. The van der Waals surface area contributed by atoms with Gasteiger partial charge in [0.05, 0.1) is 22.7 Å². The van der Waals surface area contributed by atoms with Gasteiger partial charge in [0.1, 0.15) is 11.6 Å². The molecule has 4 rings (SSSR count). The van der Waals surface area contributed by atoms with Crippen LogP contribution in [0.3, 0.4) is 0 Å². The molecule has 2 heterocycles. The Hall–Kier alpha value is -2.75. The van der Waals surface area contributed by atoms with Crippen LogP contribution < -0.4 is 10.9 Å². The second-order valence-electron chi connectivity index (χ2n) is 7.34. The minimum Gasteiger partial charge on any atom is -0.323 e. The molecule has 0 unspecified atom stereocenters. The van der Waals surface area contributed by atoms with Crippen molar-refractivity contribution in [2.75, 3.05) is 17.6 Å². The SMILES string of the molecule is O=C(CSc1nc2c(c(=O)[nH]1)CN(Cc1ccc(Cl)cc1)CC2)Nc1cc(F)ccc1F. The molecule has 2 aromatic carbocycles. The largest absolute Gasteiger partial charge is 0.323 e. The minimum absolute atomic E-state index is 0.111. The average molecular weight is 477 g/mol. The highest BCUT2D eigenvalue weighted by atomic mass is 35.5. The second-order valence-corrected chi connectivity index (χ2v) is 8.74. The van der Waals surface area contributed by atoms with Crippen molar-refractivity contribution in [1.82, 2.24) is 14.9 Å². The number of aromatic nitrogens is 2. The van der Waals surface area contributed by atoms with Crippen LogP contribution in [-0.4, -0.2) is 33.1 Å². The molecule has 6 nitrogen and oxygen atoms in total. The number of hydrogen-bond acceptors (Lipinski definition) is 5. The molecular weight excluding hydrogens is 458 g/mol. The summed E-state index contributed by atoms with van der Waals surface area (Å²) in [5.74, 6) is -2.03. The van der Waals surface area contributed by atoms with E-state index in [2.05, 4.69) is 20.2 Å². The zero-order valence-corrected chi connectivity index (χ0v) is 18.4. The van der Waals surface area contributed by atoms with Crippen LogP contribution in [-0.2, 0) is 24.3 Å². The highest BCUT2D eigenvalue weighted by Gasteiger charge is 2.21. The molecule has 1 aliphatic rings.